The maximum absolute atomic E-state index is 4.63. The van der Waals surface area contributed by atoms with E-state index in [9.17, 15) is 0 Å². The molecule has 1 aromatic carbocycles. The number of rotatable bonds is 3. The first-order chi connectivity index (χ1) is 7.22. The summed E-state index contributed by atoms with van der Waals surface area (Å²) in [6.07, 6.45) is 1.03. The highest BCUT2D eigenvalue weighted by Crippen LogP contribution is 2.34. The van der Waals surface area contributed by atoms with Crippen molar-refractivity contribution in [1.29, 1.82) is 0 Å². The summed E-state index contributed by atoms with van der Waals surface area (Å²) in [5, 5.41) is 1.15. The number of hydrogen-bond donors (Lipinski definition) is 2. The second-order valence-electron chi connectivity index (χ2n) is 3.45. The van der Waals surface area contributed by atoms with E-state index in [-0.39, 0.29) is 4.58 Å². The summed E-state index contributed by atoms with van der Waals surface area (Å²) in [4.78, 5) is 4.63. The Hall–Kier alpha value is -0.190. The first kappa shape index (κ1) is 11.3. The fourth-order valence-corrected chi connectivity index (χ4v) is 3.66. The number of nitrogens with zero attached hydrogens (tertiary/aromatic N) is 1. The molecule has 15 heavy (non-hydrogen) atoms. The van der Waals surface area contributed by atoms with Gasteiger partial charge < -0.3 is 0 Å². The van der Waals surface area contributed by atoms with Crippen molar-refractivity contribution < 1.29 is 0 Å². The molecule has 0 saturated carbocycles. The molecule has 0 bridgehead atoms. The van der Waals surface area contributed by atoms with Crippen LogP contribution in [-0.2, 0) is 0 Å². The van der Waals surface area contributed by atoms with Crippen molar-refractivity contribution in [3.8, 4) is 0 Å². The third kappa shape index (κ3) is 2.32. The van der Waals surface area contributed by atoms with Crippen LogP contribution in [0.2, 0.25) is 0 Å². The molecular weight excluding hydrogens is 242 g/mol. The molecule has 2 rings (SSSR count). The summed E-state index contributed by atoms with van der Waals surface area (Å²) in [5.74, 6) is 0.342. The zero-order valence-corrected chi connectivity index (χ0v) is 11.0. The van der Waals surface area contributed by atoms with Gasteiger partial charge in [-0.3, -0.25) is 0 Å². The lowest BCUT2D eigenvalue weighted by molar-refractivity contribution is 0.721. The highest BCUT2D eigenvalue weighted by molar-refractivity contribution is 7.99. The zero-order chi connectivity index (χ0) is 10.8. The van der Waals surface area contributed by atoms with Gasteiger partial charge in [0.25, 0.3) is 0 Å². The molecule has 80 valence electrons. The quantitative estimate of drug-likeness (QED) is 0.625. The van der Waals surface area contributed by atoms with Crippen LogP contribution in [0.25, 0.3) is 10.2 Å². The summed E-state index contributed by atoms with van der Waals surface area (Å²) >= 11 is 10.5. The fourth-order valence-electron chi connectivity index (χ4n) is 1.56. The van der Waals surface area contributed by atoms with Gasteiger partial charge in [-0.05, 0) is 18.6 Å². The van der Waals surface area contributed by atoms with E-state index < -0.39 is 0 Å². The summed E-state index contributed by atoms with van der Waals surface area (Å²) in [6.45, 7) is 2.15. The van der Waals surface area contributed by atoms with Gasteiger partial charge in [-0.1, -0.05) is 19.1 Å². The SMILES string of the molecule is CCC(c1nc2ccccc2s1)C(S)S. The molecule has 1 unspecified atom stereocenters. The van der Waals surface area contributed by atoms with Gasteiger partial charge in [0.2, 0.25) is 0 Å². The summed E-state index contributed by atoms with van der Waals surface area (Å²) in [7, 11) is 0. The molecule has 0 aliphatic rings. The van der Waals surface area contributed by atoms with E-state index in [2.05, 4.69) is 43.2 Å². The summed E-state index contributed by atoms with van der Waals surface area (Å²) < 4.78 is 1.31. The topological polar surface area (TPSA) is 12.9 Å². The lowest BCUT2D eigenvalue weighted by atomic mass is 10.1. The van der Waals surface area contributed by atoms with E-state index in [0.29, 0.717) is 5.92 Å². The molecule has 4 heteroatoms. The number of thiazole rings is 1. The Morgan fingerprint density at radius 2 is 2.07 bits per heavy atom. The number of aromatic nitrogens is 1. The highest BCUT2D eigenvalue weighted by atomic mass is 32.2. The fraction of sp³-hybridized carbons (Fsp3) is 0.364. The zero-order valence-electron chi connectivity index (χ0n) is 8.42. The second kappa shape index (κ2) is 4.76. The smallest absolute Gasteiger partial charge is 0.0988 e. The van der Waals surface area contributed by atoms with E-state index in [4.69, 9.17) is 0 Å². The van der Waals surface area contributed by atoms with Gasteiger partial charge in [0, 0.05) is 5.92 Å². The normalized spacial score (nSPS) is 13.6. The first-order valence-electron chi connectivity index (χ1n) is 4.94. The van der Waals surface area contributed by atoms with Crippen molar-refractivity contribution in [2.24, 2.45) is 0 Å². The third-order valence-corrected chi connectivity index (χ3v) is 4.32. The van der Waals surface area contributed by atoms with Crippen LogP contribution < -0.4 is 0 Å². The summed E-state index contributed by atoms with van der Waals surface area (Å²) in [6, 6.07) is 8.22. The van der Waals surface area contributed by atoms with Gasteiger partial charge >= 0.3 is 0 Å². The monoisotopic (exact) mass is 255 g/mol. The number of hydrogen-bond acceptors (Lipinski definition) is 4. The minimum atomic E-state index is 0.0653. The highest BCUT2D eigenvalue weighted by Gasteiger charge is 2.18. The molecule has 0 spiro atoms. The molecule has 0 radical (unpaired) electrons. The van der Waals surface area contributed by atoms with Gasteiger partial charge in [0.05, 0.1) is 19.8 Å². The van der Waals surface area contributed by atoms with Gasteiger partial charge in [-0.2, -0.15) is 25.3 Å². The molecule has 1 nitrogen and oxygen atoms in total. The minimum absolute atomic E-state index is 0.0653. The molecule has 1 heterocycles. The van der Waals surface area contributed by atoms with Crippen LogP contribution in [0.1, 0.15) is 24.3 Å². The lowest BCUT2D eigenvalue weighted by Gasteiger charge is -2.13. The van der Waals surface area contributed by atoms with Crippen LogP contribution in [0, 0.1) is 0 Å². The van der Waals surface area contributed by atoms with Crippen molar-refractivity contribution in [2.45, 2.75) is 23.8 Å². The van der Waals surface area contributed by atoms with Crippen molar-refractivity contribution in [3.63, 3.8) is 0 Å². The number of benzene rings is 1. The van der Waals surface area contributed by atoms with Crippen LogP contribution in [0.15, 0.2) is 24.3 Å². The molecule has 1 aromatic heterocycles. The Balaban J connectivity index is 2.43. The molecule has 0 saturated heterocycles. The Bertz CT molecular complexity index is 417. The number of fused-ring (bicyclic) bond motifs is 1. The van der Waals surface area contributed by atoms with E-state index in [1.807, 2.05) is 18.2 Å². The first-order valence-corrected chi connectivity index (χ1v) is 6.79. The molecule has 0 aliphatic carbocycles. The van der Waals surface area contributed by atoms with Crippen molar-refractivity contribution in [2.75, 3.05) is 0 Å². The van der Waals surface area contributed by atoms with Crippen LogP contribution in [0.3, 0.4) is 0 Å². The predicted octanol–water partition coefficient (Wildman–Crippen LogP) is 3.98. The minimum Gasteiger partial charge on any atom is -0.241 e. The van der Waals surface area contributed by atoms with E-state index >= 15 is 0 Å². The van der Waals surface area contributed by atoms with Crippen molar-refractivity contribution in [1.82, 2.24) is 4.98 Å². The number of thiol groups is 2. The van der Waals surface area contributed by atoms with Crippen LogP contribution >= 0.6 is 36.6 Å². The van der Waals surface area contributed by atoms with E-state index in [1.54, 1.807) is 11.3 Å². The van der Waals surface area contributed by atoms with Gasteiger partial charge in [-0.25, -0.2) is 4.98 Å². The number of para-hydroxylation sites is 1. The Morgan fingerprint density at radius 3 is 2.67 bits per heavy atom. The van der Waals surface area contributed by atoms with Crippen molar-refractivity contribution in [3.05, 3.63) is 29.3 Å². The van der Waals surface area contributed by atoms with Crippen LogP contribution in [0.4, 0.5) is 0 Å². The third-order valence-electron chi connectivity index (χ3n) is 2.43. The molecule has 0 aliphatic heterocycles. The standard InChI is InChI=1S/C11H13NS3/c1-2-7(11(13)14)10-12-8-5-3-4-6-9(8)15-10/h3-7,11,13-14H,2H2,1H3. The molecule has 0 amide bonds. The van der Waals surface area contributed by atoms with Crippen LogP contribution in [-0.4, -0.2) is 9.57 Å². The molecule has 1 atom stereocenters. The summed E-state index contributed by atoms with van der Waals surface area (Å²) in [5.41, 5.74) is 1.08. The van der Waals surface area contributed by atoms with E-state index in [1.165, 1.54) is 4.70 Å². The Labute approximate surface area is 105 Å². The molecule has 0 N–H and O–H groups in total. The Morgan fingerprint density at radius 1 is 1.33 bits per heavy atom. The molecule has 2 aromatic rings. The predicted molar refractivity (Wildman–Crippen MR) is 74.4 cm³/mol. The van der Waals surface area contributed by atoms with Crippen LogP contribution in [0.5, 0.6) is 0 Å². The Kier molecular flexibility index (Phi) is 3.59. The second-order valence-corrected chi connectivity index (χ2v) is 6.03. The van der Waals surface area contributed by atoms with Gasteiger partial charge in [-0.15, -0.1) is 11.3 Å². The van der Waals surface area contributed by atoms with E-state index in [0.717, 1.165) is 16.9 Å². The average Bonchev–Trinajstić information content (AvgIpc) is 2.61. The van der Waals surface area contributed by atoms with Gasteiger partial charge in [0.15, 0.2) is 0 Å². The average molecular weight is 255 g/mol. The van der Waals surface area contributed by atoms with Crippen molar-refractivity contribution >= 4 is 46.8 Å². The molecular formula is C11H13NS3. The maximum Gasteiger partial charge on any atom is 0.0988 e. The van der Waals surface area contributed by atoms with Gasteiger partial charge in [0.1, 0.15) is 0 Å². The lowest BCUT2D eigenvalue weighted by Crippen LogP contribution is -2.05. The largest absolute Gasteiger partial charge is 0.241 e. The molecule has 0 fully saturated rings. The maximum atomic E-state index is 4.63.